The van der Waals surface area contributed by atoms with Crippen LogP contribution in [0.15, 0.2) is 29.3 Å². The summed E-state index contributed by atoms with van der Waals surface area (Å²) in [4.78, 5) is 19.1. The van der Waals surface area contributed by atoms with E-state index < -0.39 is 0 Å². The van der Waals surface area contributed by atoms with Gasteiger partial charge in [0, 0.05) is 39.6 Å². The smallest absolute Gasteiger partial charge is 0.407 e. The van der Waals surface area contributed by atoms with Gasteiger partial charge in [0.25, 0.3) is 0 Å². The minimum absolute atomic E-state index is 0.0867. The molecule has 1 heterocycles. The van der Waals surface area contributed by atoms with E-state index in [1.54, 1.807) is 11.3 Å². The number of carbonyl (C=O) groups excluding carboxylic acids is 1. The van der Waals surface area contributed by atoms with Gasteiger partial charge in [-0.1, -0.05) is 6.07 Å². The Bertz CT molecular complexity index is 855. The van der Waals surface area contributed by atoms with Crippen LogP contribution in [0.1, 0.15) is 63.3 Å². The van der Waals surface area contributed by atoms with Gasteiger partial charge < -0.3 is 15.8 Å². The highest BCUT2D eigenvalue weighted by molar-refractivity contribution is 8.00. The Kier molecular flexibility index (Phi) is 6.35. The molecule has 2 aliphatic rings. The Labute approximate surface area is 180 Å². The van der Waals surface area contributed by atoms with Gasteiger partial charge in [0.1, 0.15) is 0 Å². The van der Waals surface area contributed by atoms with Gasteiger partial charge >= 0.3 is 6.09 Å². The van der Waals surface area contributed by atoms with Gasteiger partial charge in [0.05, 0.1) is 16.0 Å². The van der Waals surface area contributed by atoms with Crippen LogP contribution in [-0.2, 0) is 4.74 Å². The molecular formula is C22H29N3O2S2. The molecule has 0 aliphatic heterocycles. The lowest BCUT2D eigenvalue weighted by atomic mass is 9.86. The molecule has 5 nitrogen and oxygen atoms in total. The molecule has 0 saturated heterocycles. The molecule has 7 heteroatoms. The van der Waals surface area contributed by atoms with E-state index in [1.165, 1.54) is 33.2 Å². The van der Waals surface area contributed by atoms with Crippen molar-refractivity contribution in [3.63, 3.8) is 0 Å². The molecule has 0 spiro atoms. The molecule has 1 aromatic heterocycles. The van der Waals surface area contributed by atoms with Gasteiger partial charge in [-0.15, -0.1) is 23.1 Å². The van der Waals surface area contributed by atoms with Crippen LogP contribution in [0, 0.1) is 0 Å². The average molecular weight is 432 g/mol. The molecule has 0 unspecified atom stereocenters. The van der Waals surface area contributed by atoms with Gasteiger partial charge in [-0.3, -0.25) is 0 Å². The Balaban J connectivity index is 1.38. The largest absolute Gasteiger partial charge is 0.447 e. The number of anilines is 1. The molecule has 29 heavy (non-hydrogen) atoms. The van der Waals surface area contributed by atoms with Gasteiger partial charge in [-0.25, -0.2) is 9.78 Å². The summed E-state index contributed by atoms with van der Waals surface area (Å²) in [6, 6.07) is 6.43. The highest BCUT2D eigenvalue weighted by Crippen LogP contribution is 2.45. The molecule has 2 fully saturated rings. The number of alkyl carbamates (subject to hydrolysis) is 1. The third-order valence-electron chi connectivity index (χ3n) is 5.35. The molecule has 1 aromatic carbocycles. The van der Waals surface area contributed by atoms with E-state index >= 15 is 0 Å². The number of nitrogens with zero attached hydrogens (tertiary/aromatic N) is 1. The number of rotatable bonds is 6. The second-order valence-corrected chi connectivity index (χ2v) is 10.7. The topological polar surface area (TPSA) is 77.2 Å². The minimum Gasteiger partial charge on any atom is -0.447 e. The van der Waals surface area contributed by atoms with Crippen molar-refractivity contribution in [2.24, 2.45) is 0 Å². The number of carbonyl (C=O) groups is 1. The number of aromatic nitrogens is 1. The highest BCUT2D eigenvalue weighted by atomic mass is 32.2. The summed E-state index contributed by atoms with van der Waals surface area (Å²) in [6.07, 6.45) is 8.27. The van der Waals surface area contributed by atoms with Crippen molar-refractivity contribution in [3.8, 4) is 10.4 Å². The molecule has 4 rings (SSSR count). The zero-order valence-corrected chi connectivity index (χ0v) is 18.7. The van der Waals surface area contributed by atoms with E-state index in [1.807, 2.05) is 37.9 Å². The molecule has 2 aromatic rings. The highest BCUT2D eigenvalue weighted by Gasteiger charge is 2.27. The number of nitrogens with one attached hydrogen (secondary N) is 1. The van der Waals surface area contributed by atoms with Crippen LogP contribution in [0.3, 0.4) is 0 Å². The Hall–Kier alpha value is -1.73. The fourth-order valence-corrected chi connectivity index (χ4v) is 6.14. The van der Waals surface area contributed by atoms with E-state index in [0.29, 0.717) is 5.92 Å². The first-order valence-corrected chi connectivity index (χ1v) is 12.2. The summed E-state index contributed by atoms with van der Waals surface area (Å²) in [5, 5.41) is 4.95. The molecular weight excluding hydrogens is 402 g/mol. The molecule has 2 saturated carbocycles. The van der Waals surface area contributed by atoms with Crippen LogP contribution in [0.2, 0.25) is 0 Å². The lowest BCUT2D eigenvalue weighted by molar-refractivity contribution is 0.109. The Morgan fingerprint density at radius 2 is 2.00 bits per heavy atom. The first kappa shape index (κ1) is 20.5. The summed E-state index contributed by atoms with van der Waals surface area (Å²) < 4.78 is 5.20. The summed E-state index contributed by atoms with van der Waals surface area (Å²) in [5.74, 6) is 0.473. The van der Waals surface area contributed by atoms with Gasteiger partial charge in [-0.05, 0) is 64.5 Å². The van der Waals surface area contributed by atoms with Crippen LogP contribution in [0.4, 0.5) is 10.5 Å². The summed E-state index contributed by atoms with van der Waals surface area (Å²) in [7, 11) is 0. The maximum Gasteiger partial charge on any atom is 0.407 e. The summed E-state index contributed by atoms with van der Waals surface area (Å²) in [5.41, 5.74) is 8.11. The molecule has 2 aliphatic carbocycles. The number of hydrogen-bond donors (Lipinski definition) is 2. The van der Waals surface area contributed by atoms with Gasteiger partial charge in [0.2, 0.25) is 0 Å². The number of nitrogen functional groups attached to an aromatic ring is 1. The first-order chi connectivity index (χ1) is 14.0. The Morgan fingerprint density at radius 1 is 1.24 bits per heavy atom. The minimum atomic E-state index is -0.302. The number of benzene rings is 1. The third kappa shape index (κ3) is 5.45. The van der Waals surface area contributed by atoms with E-state index in [-0.39, 0.29) is 18.2 Å². The van der Waals surface area contributed by atoms with E-state index in [0.717, 1.165) is 36.6 Å². The van der Waals surface area contributed by atoms with E-state index in [2.05, 4.69) is 17.4 Å². The summed E-state index contributed by atoms with van der Waals surface area (Å²) >= 11 is 3.75. The predicted octanol–water partition coefficient (Wildman–Crippen LogP) is 5.81. The lowest BCUT2D eigenvalue weighted by Gasteiger charge is -2.28. The maximum atomic E-state index is 11.8. The number of ether oxygens (including phenoxy) is 1. The monoisotopic (exact) mass is 431 g/mol. The second-order valence-electron chi connectivity index (χ2n) is 8.28. The van der Waals surface area contributed by atoms with Crippen LogP contribution < -0.4 is 11.1 Å². The maximum absolute atomic E-state index is 11.8. The van der Waals surface area contributed by atoms with Crippen molar-refractivity contribution in [1.82, 2.24) is 10.3 Å². The van der Waals surface area contributed by atoms with Crippen LogP contribution in [0.5, 0.6) is 0 Å². The van der Waals surface area contributed by atoms with Crippen LogP contribution in [-0.4, -0.2) is 28.5 Å². The Morgan fingerprint density at radius 3 is 2.69 bits per heavy atom. The molecule has 3 N–H and O–H groups in total. The van der Waals surface area contributed by atoms with Crippen LogP contribution >= 0.6 is 23.1 Å². The number of thiazole rings is 1. The number of nitrogens with two attached hydrogens (primary N) is 1. The van der Waals surface area contributed by atoms with Crippen molar-refractivity contribution in [1.29, 1.82) is 0 Å². The van der Waals surface area contributed by atoms with E-state index in [9.17, 15) is 4.79 Å². The number of hydrogen-bond acceptors (Lipinski definition) is 6. The molecule has 0 atom stereocenters. The molecule has 156 valence electrons. The standard InChI is InChI=1S/C22H29N3O2S2/c1-13(2)27-22(26)25-16-6-3-14(4-7-16)21-24-12-20(29-21)18-10-5-15(23)11-19(18)28-17-8-9-17/h5,10-14,16-17H,3-4,6-9,23H2,1-2H3,(H,25,26)/t14-,16-. The molecule has 1 amide bonds. The van der Waals surface area contributed by atoms with Crippen molar-refractivity contribution in [3.05, 3.63) is 29.4 Å². The van der Waals surface area contributed by atoms with Gasteiger partial charge in [0.15, 0.2) is 0 Å². The number of thioether (sulfide) groups is 1. The normalized spacial score (nSPS) is 21.9. The summed E-state index contributed by atoms with van der Waals surface area (Å²) in [6.45, 7) is 3.73. The SMILES string of the molecule is CC(C)OC(=O)N[C@H]1CC[C@H](c2ncc(-c3ccc(N)cc3SC3CC3)s2)CC1. The average Bonchev–Trinajstić information content (AvgIpc) is 3.35. The van der Waals surface area contributed by atoms with Crippen molar-refractivity contribution < 1.29 is 9.53 Å². The van der Waals surface area contributed by atoms with Gasteiger partial charge in [-0.2, -0.15) is 0 Å². The predicted molar refractivity (Wildman–Crippen MR) is 121 cm³/mol. The third-order valence-corrected chi connectivity index (χ3v) is 7.94. The first-order valence-electron chi connectivity index (χ1n) is 10.5. The second kappa shape index (κ2) is 8.96. The van der Waals surface area contributed by atoms with Crippen molar-refractivity contribution >= 4 is 34.9 Å². The lowest BCUT2D eigenvalue weighted by Crippen LogP contribution is -2.38. The zero-order valence-electron chi connectivity index (χ0n) is 17.0. The van der Waals surface area contributed by atoms with Crippen LogP contribution in [0.25, 0.3) is 10.4 Å². The quantitative estimate of drug-likeness (QED) is 0.565. The fourth-order valence-electron chi connectivity index (χ4n) is 3.71. The fraction of sp³-hybridized carbons (Fsp3) is 0.545. The van der Waals surface area contributed by atoms with E-state index in [4.69, 9.17) is 15.5 Å². The zero-order chi connectivity index (χ0) is 20.4. The van der Waals surface area contributed by atoms with Crippen molar-refractivity contribution in [2.45, 2.75) is 80.6 Å². The molecule has 0 bridgehead atoms. The molecule has 0 radical (unpaired) electrons. The number of amides is 1. The van der Waals surface area contributed by atoms with Crippen molar-refractivity contribution in [2.75, 3.05) is 5.73 Å².